The molecule has 6 nitrogen and oxygen atoms in total. The summed E-state index contributed by atoms with van der Waals surface area (Å²) in [6, 6.07) is 28.8. The molecule has 3 aromatic carbocycles. The van der Waals surface area contributed by atoms with Crippen LogP contribution in [0.15, 0.2) is 97.1 Å². The number of nitrogens with zero attached hydrogens (tertiary/aromatic N) is 2. The Morgan fingerprint density at radius 2 is 1.36 bits per heavy atom. The van der Waals surface area contributed by atoms with Crippen LogP contribution in [0.2, 0.25) is 0 Å². The Bertz CT molecular complexity index is 1340. The van der Waals surface area contributed by atoms with Gasteiger partial charge >= 0.3 is 0 Å². The molecule has 4 aromatic rings. The van der Waals surface area contributed by atoms with Gasteiger partial charge in [-0.2, -0.15) is 0 Å². The van der Waals surface area contributed by atoms with E-state index in [0.29, 0.717) is 11.4 Å². The standard InChI is InChI=1S/C27H20N4O2/c1-28-23-15-8-7-14-22(23)21-13-6-5-10-19(21)18-29-26(32)24-16-9-17-25(31-24)27(33)30-20-11-3-2-4-12-20/h2-17H,18H2,(H,29,32)(H,30,33). The van der Waals surface area contributed by atoms with Gasteiger partial charge in [0.15, 0.2) is 5.69 Å². The number of hydrogen-bond donors (Lipinski definition) is 2. The molecule has 2 N–H and O–H groups in total. The van der Waals surface area contributed by atoms with E-state index in [-0.39, 0.29) is 17.9 Å². The second kappa shape index (κ2) is 10.0. The van der Waals surface area contributed by atoms with Gasteiger partial charge in [-0.1, -0.05) is 72.8 Å². The molecule has 1 heterocycles. The number of aromatic nitrogens is 1. The maximum absolute atomic E-state index is 12.8. The third-order valence-electron chi connectivity index (χ3n) is 5.02. The summed E-state index contributed by atoms with van der Waals surface area (Å²) in [5.41, 5.74) is 4.07. The van der Waals surface area contributed by atoms with E-state index in [2.05, 4.69) is 20.5 Å². The molecule has 0 bridgehead atoms. The van der Waals surface area contributed by atoms with Gasteiger partial charge in [-0.3, -0.25) is 9.59 Å². The molecule has 0 radical (unpaired) electrons. The minimum absolute atomic E-state index is 0.148. The van der Waals surface area contributed by atoms with Crippen molar-refractivity contribution in [1.82, 2.24) is 10.3 Å². The molecule has 0 unspecified atom stereocenters. The van der Waals surface area contributed by atoms with Crippen LogP contribution in [0.25, 0.3) is 16.0 Å². The van der Waals surface area contributed by atoms with Crippen LogP contribution in [0, 0.1) is 6.57 Å². The highest BCUT2D eigenvalue weighted by atomic mass is 16.2. The molecular formula is C27H20N4O2. The van der Waals surface area contributed by atoms with Crippen LogP contribution in [-0.4, -0.2) is 16.8 Å². The lowest BCUT2D eigenvalue weighted by Crippen LogP contribution is -2.25. The predicted octanol–water partition coefficient (Wildman–Crippen LogP) is 5.48. The first-order valence-electron chi connectivity index (χ1n) is 10.3. The fourth-order valence-corrected chi connectivity index (χ4v) is 3.41. The zero-order chi connectivity index (χ0) is 23.0. The summed E-state index contributed by atoms with van der Waals surface area (Å²) in [4.78, 5) is 33.1. The van der Waals surface area contributed by atoms with Crippen LogP contribution < -0.4 is 10.6 Å². The molecule has 4 rings (SSSR count). The maximum Gasteiger partial charge on any atom is 0.274 e. The molecule has 0 fully saturated rings. The smallest absolute Gasteiger partial charge is 0.274 e. The summed E-state index contributed by atoms with van der Waals surface area (Å²) in [6.45, 7) is 7.68. The molecule has 0 spiro atoms. The largest absolute Gasteiger partial charge is 0.347 e. The summed E-state index contributed by atoms with van der Waals surface area (Å²) in [7, 11) is 0. The van der Waals surface area contributed by atoms with Crippen molar-refractivity contribution in [3.8, 4) is 11.1 Å². The highest BCUT2D eigenvalue weighted by molar-refractivity contribution is 6.03. The van der Waals surface area contributed by atoms with Crippen molar-refractivity contribution in [3.63, 3.8) is 0 Å². The van der Waals surface area contributed by atoms with E-state index in [9.17, 15) is 9.59 Å². The van der Waals surface area contributed by atoms with Crippen molar-refractivity contribution in [3.05, 3.63) is 125 Å². The Hall–Kier alpha value is -4.76. The van der Waals surface area contributed by atoms with Gasteiger partial charge in [-0.05, 0) is 41.0 Å². The number of nitrogens with one attached hydrogen (secondary N) is 2. The van der Waals surface area contributed by atoms with Crippen LogP contribution in [0.4, 0.5) is 11.4 Å². The van der Waals surface area contributed by atoms with Gasteiger partial charge < -0.3 is 10.6 Å². The number of carbonyl (C=O) groups is 2. The molecule has 33 heavy (non-hydrogen) atoms. The monoisotopic (exact) mass is 432 g/mol. The summed E-state index contributed by atoms with van der Waals surface area (Å²) in [5.74, 6) is -0.783. The van der Waals surface area contributed by atoms with Gasteiger partial charge in [0.05, 0.1) is 6.57 Å². The number of pyridine rings is 1. The average Bonchev–Trinajstić information content (AvgIpc) is 2.88. The fourth-order valence-electron chi connectivity index (χ4n) is 3.41. The van der Waals surface area contributed by atoms with E-state index in [0.717, 1.165) is 16.7 Å². The lowest BCUT2D eigenvalue weighted by atomic mass is 9.98. The molecule has 1 aromatic heterocycles. The minimum Gasteiger partial charge on any atom is -0.347 e. The third kappa shape index (κ3) is 5.12. The Morgan fingerprint density at radius 1 is 0.727 bits per heavy atom. The van der Waals surface area contributed by atoms with Gasteiger partial charge in [0.2, 0.25) is 0 Å². The van der Waals surface area contributed by atoms with E-state index in [1.54, 1.807) is 36.4 Å². The molecule has 0 aliphatic carbocycles. The van der Waals surface area contributed by atoms with Crippen molar-refractivity contribution in [2.75, 3.05) is 5.32 Å². The predicted molar refractivity (Wildman–Crippen MR) is 128 cm³/mol. The first kappa shape index (κ1) is 21.5. The summed E-state index contributed by atoms with van der Waals surface area (Å²) >= 11 is 0. The van der Waals surface area contributed by atoms with Crippen LogP contribution in [0.5, 0.6) is 0 Å². The number of carbonyl (C=O) groups excluding carboxylic acids is 2. The molecule has 0 atom stereocenters. The van der Waals surface area contributed by atoms with E-state index in [4.69, 9.17) is 6.57 Å². The zero-order valence-corrected chi connectivity index (χ0v) is 17.7. The van der Waals surface area contributed by atoms with Gasteiger partial charge in [-0.25, -0.2) is 9.83 Å². The van der Waals surface area contributed by atoms with E-state index in [1.807, 2.05) is 60.7 Å². The van der Waals surface area contributed by atoms with Gasteiger partial charge in [0.1, 0.15) is 11.4 Å². The van der Waals surface area contributed by atoms with E-state index in [1.165, 1.54) is 0 Å². The molecule has 0 saturated heterocycles. The topological polar surface area (TPSA) is 75.5 Å². The van der Waals surface area contributed by atoms with Gasteiger partial charge in [0.25, 0.3) is 11.8 Å². The number of benzene rings is 3. The van der Waals surface area contributed by atoms with E-state index >= 15 is 0 Å². The second-order valence-electron chi connectivity index (χ2n) is 7.20. The Balaban J connectivity index is 1.49. The molecule has 0 saturated carbocycles. The maximum atomic E-state index is 12.8. The fraction of sp³-hybridized carbons (Fsp3) is 0.0370. The number of hydrogen-bond acceptors (Lipinski definition) is 3. The van der Waals surface area contributed by atoms with Crippen molar-refractivity contribution in [2.24, 2.45) is 0 Å². The Kier molecular flexibility index (Phi) is 6.53. The van der Waals surface area contributed by atoms with Gasteiger partial charge in [0, 0.05) is 12.2 Å². The van der Waals surface area contributed by atoms with Crippen LogP contribution in [0.3, 0.4) is 0 Å². The molecule has 0 aliphatic rings. The van der Waals surface area contributed by atoms with Gasteiger partial charge in [-0.15, -0.1) is 0 Å². The first-order valence-corrected chi connectivity index (χ1v) is 10.3. The molecule has 160 valence electrons. The normalized spacial score (nSPS) is 10.2. The Labute approximate surface area is 191 Å². The zero-order valence-electron chi connectivity index (χ0n) is 17.7. The second-order valence-corrected chi connectivity index (χ2v) is 7.20. The molecule has 2 amide bonds. The van der Waals surface area contributed by atoms with Crippen LogP contribution in [-0.2, 0) is 6.54 Å². The van der Waals surface area contributed by atoms with Crippen LogP contribution in [0.1, 0.15) is 26.5 Å². The lowest BCUT2D eigenvalue weighted by molar-refractivity contribution is 0.0945. The highest BCUT2D eigenvalue weighted by Crippen LogP contribution is 2.32. The quantitative estimate of drug-likeness (QED) is 0.396. The number of rotatable bonds is 6. The number of para-hydroxylation sites is 2. The molecule has 0 aliphatic heterocycles. The number of amides is 2. The summed E-state index contributed by atoms with van der Waals surface area (Å²) < 4.78 is 0. The molecule has 6 heteroatoms. The first-order chi connectivity index (χ1) is 16.2. The SMILES string of the molecule is [C-]#[N+]c1ccccc1-c1ccccc1CNC(=O)c1cccc(C(=O)Nc2ccccc2)n1. The van der Waals surface area contributed by atoms with Crippen molar-refractivity contribution in [2.45, 2.75) is 6.54 Å². The minimum atomic E-state index is -0.392. The average molecular weight is 432 g/mol. The van der Waals surface area contributed by atoms with E-state index < -0.39 is 11.8 Å². The summed E-state index contributed by atoms with van der Waals surface area (Å²) in [6.07, 6.45) is 0. The Morgan fingerprint density at radius 3 is 2.12 bits per heavy atom. The molecular weight excluding hydrogens is 412 g/mol. The van der Waals surface area contributed by atoms with Crippen molar-refractivity contribution >= 4 is 23.2 Å². The van der Waals surface area contributed by atoms with Crippen molar-refractivity contribution < 1.29 is 9.59 Å². The van der Waals surface area contributed by atoms with Crippen molar-refractivity contribution in [1.29, 1.82) is 0 Å². The third-order valence-corrected chi connectivity index (χ3v) is 5.02. The summed E-state index contributed by atoms with van der Waals surface area (Å²) in [5, 5.41) is 5.63. The number of anilines is 1. The van der Waals surface area contributed by atoms with Crippen LogP contribution >= 0.6 is 0 Å². The highest BCUT2D eigenvalue weighted by Gasteiger charge is 2.14. The lowest BCUT2D eigenvalue weighted by Gasteiger charge is -2.12.